The smallest absolute Gasteiger partial charge is 0.236 e. The van der Waals surface area contributed by atoms with Crippen LogP contribution in [-0.2, 0) is 11.3 Å². The zero-order valence-electron chi connectivity index (χ0n) is 19.4. The van der Waals surface area contributed by atoms with Gasteiger partial charge in [0.2, 0.25) is 17.7 Å². The summed E-state index contributed by atoms with van der Waals surface area (Å²) in [6, 6.07) is 2.23. The van der Waals surface area contributed by atoms with Gasteiger partial charge in [0, 0.05) is 38.0 Å². The summed E-state index contributed by atoms with van der Waals surface area (Å²) < 4.78 is 6.04. The average molecular weight is 446 g/mol. The molecule has 4 heterocycles. The van der Waals surface area contributed by atoms with Crippen molar-refractivity contribution in [1.29, 1.82) is 0 Å². The maximum atomic E-state index is 12.5. The number of thiophene rings is 1. The van der Waals surface area contributed by atoms with E-state index in [1.165, 1.54) is 10.4 Å². The van der Waals surface area contributed by atoms with Gasteiger partial charge in [0.05, 0.1) is 12.6 Å². The van der Waals surface area contributed by atoms with Crippen LogP contribution >= 0.6 is 11.3 Å². The molecular weight excluding hydrogens is 410 g/mol. The van der Waals surface area contributed by atoms with Gasteiger partial charge >= 0.3 is 0 Å². The van der Waals surface area contributed by atoms with Crippen LogP contribution in [0.3, 0.4) is 0 Å². The van der Waals surface area contributed by atoms with Crippen LogP contribution in [0, 0.1) is 12.3 Å². The fourth-order valence-corrected chi connectivity index (χ4v) is 5.75. The van der Waals surface area contributed by atoms with Gasteiger partial charge in [0.15, 0.2) is 0 Å². The van der Waals surface area contributed by atoms with Crippen LogP contribution in [0.25, 0.3) is 0 Å². The number of hydrogen-bond donors (Lipinski definition) is 0. The van der Waals surface area contributed by atoms with Gasteiger partial charge in [-0.1, -0.05) is 13.8 Å². The second kappa shape index (κ2) is 9.00. The molecule has 0 bridgehead atoms. The first-order chi connectivity index (χ1) is 14.8. The number of carbonyl (C=O) groups excluding carboxylic acids is 1. The van der Waals surface area contributed by atoms with Crippen LogP contribution in [0.15, 0.2) is 15.9 Å². The molecule has 2 aromatic heterocycles. The molecule has 1 atom stereocenters. The van der Waals surface area contributed by atoms with Crippen molar-refractivity contribution in [3.05, 3.63) is 33.7 Å². The third-order valence-electron chi connectivity index (χ3n) is 6.93. The largest absolute Gasteiger partial charge is 0.423 e. The lowest BCUT2D eigenvalue weighted by atomic mass is 9.76. The van der Waals surface area contributed by atoms with Gasteiger partial charge in [-0.3, -0.25) is 14.6 Å². The molecule has 1 spiro atoms. The Labute approximate surface area is 189 Å². The molecule has 1 amide bonds. The van der Waals surface area contributed by atoms with Crippen molar-refractivity contribution in [3.8, 4) is 0 Å². The molecule has 0 N–H and O–H groups in total. The Bertz CT molecular complexity index is 897. The van der Waals surface area contributed by atoms with E-state index in [9.17, 15) is 4.79 Å². The van der Waals surface area contributed by atoms with Gasteiger partial charge in [-0.25, -0.2) is 0 Å². The van der Waals surface area contributed by atoms with Gasteiger partial charge < -0.3 is 9.32 Å². The van der Waals surface area contributed by atoms with Crippen LogP contribution < -0.4 is 0 Å². The monoisotopic (exact) mass is 445 g/mol. The minimum absolute atomic E-state index is 0.0231. The fourth-order valence-electron chi connectivity index (χ4n) is 4.80. The predicted octanol–water partition coefficient (Wildman–Crippen LogP) is 3.68. The van der Waals surface area contributed by atoms with Crippen LogP contribution in [0.4, 0.5) is 0 Å². The summed E-state index contributed by atoms with van der Waals surface area (Å²) in [5.41, 5.74) is 1.61. The van der Waals surface area contributed by atoms with Crippen LogP contribution in [-0.4, -0.2) is 71.1 Å². The molecule has 0 radical (unpaired) electrons. The van der Waals surface area contributed by atoms with Crippen molar-refractivity contribution in [1.82, 2.24) is 24.9 Å². The molecule has 2 aliphatic rings. The third kappa shape index (κ3) is 4.86. The number of piperidine rings is 1. The Hall–Kier alpha value is -1.77. The van der Waals surface area contributed by atoms with E-state index in [0.717, 1.165) is 45.4 Å². The van der Waals surface area contributed by atoms with Crippen molar-refractivity contribution in [2.75, 3.05) is 40.3 Å². The summed E-state index contributed by atoms with van der Waals surface area (Å²) in [5.74, 6) is 1.67. The van der Waals surface area contributed by atoms with Crippen molar-refractivity contribution >= 4 is 17.2 Å². The van der Waals surface area contributed by atoms with E-state index in [4.69, 9.17) is 4.42 Å². The SMILES string of the molecule is Cc1ccsc1CN1CCC2(CC1)CC(c1nnc(C(C)C)o1)N(CC(=O)N(C)C)C2. The highest BCUT2D eigenvalue weighted by atomic mass is 32.1. The van der Waals surface area contributed by atoms with E-state index in [0.29, 0.717) is 18.3 Å². The number of amides is 1. The van der Waals surface area contributed by atoms with E-state index in [1.54, 1.807) is 4.90 Å². The Kier molecular flexibility index (Phi) is 6.51. The molecule has 31 heavy (non-hydrogen) atoms. The zero-order chi connectivity index (χ0) is 22.2. The van der Waals surface area contributed by atoms with Gasteiger partial charge in [-0.15, -0.1) is 21.5 Å². The number of aryl methyl sites for hydroxylation is 1. The normalized spacial score (nSPS) is 21.9. The fraction of sp³-hybridized carbons (Fsp3) is 0.696. The Balaban J connectivity index is 1.47. The quantitative estimate of drug-likeness (QED) is 0.676. The van der Waals surface area contributed by atoms with Gasteiger partial charge in [0.1, 0.15) is 0 Å². The van der Waals surface area contributed by atoms with E-state index in [1.807, 2.05) is 25.4 Å². The number of likely N-dealkylation sites (N-methyl/N-ethyl adjacent to an activating group) is 1. The molecule has 170 valence electrons. The topological polar surface area (TPSA) is 65.7 Å². The lowest BCUT2D eigenvalue weighted by molar-refractivity contribution is -0.130. The molecule has 2 saturated heterocycles. The lowest BCUT2D eigenvalue weighted by Crippen LogP contribution is -2.42. The number of rotatable bonds is 6. The Morgan fingerprint density at radius 1 is 1.32 bits per heavy atom. The lowest BCUT2D eigenvalue weighted by Gasteiger charge is -2.39. The van der Waals surface area contributed by atoms with Crippen molar-refractivity contribution < 1.29 is 9.21 Å². The highest BCUT2D eigenvalue weighted by Gasteiger charge is 2.48. The summed E-state index contributed by atoms with van der Waals surface area (Å²) >= 11 is 1.86. The third-order valence-corrected chi connectivity index (χ3v) is 7.94. The first-order valence-corrected chi connectivity index (χ1v) is 12.2. The Morgan fingerprint density at radius 3 is 2.65 bits per heavy atom. The molecule has 2 aromatic rings. The minimum Gasteiger partial charge on any atom is -0.423 e. The molecule has 2 fully saturated rings. The summed E-state index contributed by atoms with van der Waals surface area (Å²) in [6.45, 7) is 10.9. The number of hydrogen-bond acceptors (Lipinski definition) is 7. The second-order valence-corrected chi connectivity index (χ2v) is 10.8. The van der Waals surface area contributed by atoms with E-state index < -0.39 is 0 Å². The summed E-state index contributed by atoms with van der Waals surface area (Å²) in [4.78, 5) is 20.5. The maximum Gasteiger partial charge on any atom is 0.236 e. The molecule has 2 aliphatic heterocycles. The second-order valence-electron chi connectivity index (χ2n) is 9.85. The first-order valence-electron chi connectivity index (χ1n) is 11.3. The highest BCUT2D eigenvalue weighted by molar-refractivity contribution is 7.10. The standard InChI is InChI=1S/C23H35N5O2S/c1-16(2)21-24-25-22(30-21)18-12-23(15-28(18)14-20(29)26(4)5)7-9-27(10-8-23)13-19-17(3)6-11-31-19/h6,11,16,18H,7-10,12-15H2,1-5H3. The van der Waals surface area contributed by atoms with E-state index in [-0.39, 0.29) is 23.3 Å². The number of carbonyl (C=O) groups is 1. The summed E-state index contributed by atoms with van der Waals surface area (Å²) in [6.07, 6.45) is 3.27. The first kappa shape index (κ1) is 22.4. The van der Waals surface area contributed by atoms with Gasteiger partial charge in [0.25, 0.3) is 0 Å². The van der Waals surface area contributed by atoms with Crippen molar-refractivity contribution in [2.24, 2.45) is 5.41 Å². The average Bonchev–Trinajstić information content (AvgIpc) is 3.44. The molecule has 1 unspecified atom stereocenters. The zero-order valence-corrected chi connectivity index (χ0v) is 20.2. The molecule has 4 rings (SSSR count). The molecule has 0 saturated carbocycles. The number of aromatic nitrogens is 2. The molecule has 8 heteroatoms. The summed E-state index contributed by atoms with van der Waals surface area (Å²) in [5, 5.41) is 10.8. The van der Waals surface area contributed by atoms with Gasteiger partial charge in [-0.05, 0) is 61.7 Å². The maximum absolute atomic E-state index is 12.5. The predicted molar refractivity (Wildman–Crippen MR) is 122 cm³/mol. The van der Waals surface area contributed by atoms with E-state index >= 15 is 0 Å². The molecule has 7 nitrogen and oxygen atoms in total. The molecule has 0 aliphatic carbocycles. The van der Waals surface area contributed by atoms with Crippen LogP contribution in [0.1, 0.15) is 67.3 Å². The Morgan fingerprint density at radius 2 is 2.06 bits per heavy atom. The summed E-state index contributed by atoms with van der Waals surface area (Å²) in [7, 11) is 3.63. The van der Waals surface area contributed by atoms with E-state index in [2.05, 4.69) is 52.2 Å². The number of nitrogens with zero attached hydrogens (tertiary/aromatic N) is 5. The van der Waals surface area contributed by atoms with Gasteiger partial charge in [-0.2, -0.15) is 0 Å². The van der Waals surface area contributed by atoms with Crippen LogP contribution in [0.2, 0.25) is 0 Å². The number of likely N-dealkylation sites (tertiary alicyclic amines) is 2. The van der Waals surface area contributed by atoms with Crippen molar-refractivity contribution in [2.45, 2.75) is 58.5 Å². The van der Waals surface area contributed by atoms with Crippen molar-refractivity contribution in [3.63, 3.8) is 0 Å². The van der Waals surface area contributed by atoms with Crippen LogP contribution in [0.5, 0.6) is 0 Å². The minimum atomic E-state index is 0.0231. The molecular formula is C23H35N5O2S. The molecule has 0 aromatic carbocycles. The highest BCUT2D eigenvalue weighted by Crippen LogP contribution is 2.49.